The Morgan fingerprint density at radius 2 is 1.94 bits per heavy atom. The first-order chi connectivity index (χ1) is 8.61. The fourth-order valence-electron chi connectivity index (χ4n) is 1.19. The molecule has 0 radical (unpaired) electrons. The van der Waals surface area contributed by atoms with Crippen LogP contribution in [0.5, 0.6) is 5.75 Å². The van der Waals surface area contributed by atoms with Crippen molar-refractivity contribution in [2.24, 2.45) is 0 Å². The maximum Gasteiger partial charge on any atom is 0.321 e. The molecular weight excluding hydrogens is 232 g/mol. The molecule has 5 nitrogen and oxygen atoms in total. The minimum Gasteiger partial charge on any atom is -0.484 e. The standard InChI is InChI=1S/C13H18N2O3/c1-3-10(2)14-13(17)15-12(16)9-18-11-7-5-4-6-8-11/h4-8,10H,3,9H2,1-2H3,(H2,14,15,16,17)/t10-/m0/s1. The van der Waals surface area contributed by atoms with E-state index in [9.17, 15) is 9.59 Å². The summed E-state index contributed by atoms with van der Waals surface area (Å²) in [4.78, 5) is 22.7. The van der Waals surface area contributed by atoms with E-state index in [1.54, 1.807) is 12.1 Å². The number of para-hydroxylation sites is 1. The average molecular weight is 250 g/mol. The van der Waals surface area contributed by atoms with Gasteiger partial charge in [0, 0.05) is 6.04 Å². The monoisotopic (exact) mass is 250 g/mol. The highest BCUT2D eigenvalue weighted by Crippen LogP contribution is 2.07. The number of urea groups is 1. The summed E-state index contributed by atoms with van der Waals surface area (Å²) in [7, 11) is 0. The molecular formula is C13H18N2O3. The molecule has 0 saturated heterocycles. The molecule has 0 bridgehead atoms. The Morgan fingerprint density at radius 1 is 1.28 bits per heavy atom. The van der Waals surface area contributed by atoms with E-state index in [1.807, 2.05) is 32.0 Å². The van der Waals surface area contributed by atoms with Crippen LogP contribution < -0.4 is 15.4 Å². The zero-order valence-electron chi connectivity index (χ0n) is 10.6. The molecule has 0 aliphatic heterocycles. The third kappa shape index (κ3) is 5.34. The third-order valence-corrected chi connectivity index (χ3v) is 2.36. The number of rotatable bonds is 5. The largest absolute Gasteiger partial charge is 0.484 e. The SMILES string of the molecule is CC[C@H](C)NC(=O)NC(=O)COc1ccccc1. The van der Waals surface area contributed by atoms with Crippen molar-refractivity contribution in [1.29, 1.82) is 0 Å². The van der Waals surface area contributed by atoms with Gasteiger partial charge >= 0.3 is 6.03 Å². The van der Waals surface area contributed by atoms with Crippen molar-refractivity contribution < 1.29 is 14.3 Å². The topological polar surface area (TPSA) is 67.4 Å². The number of ether oxygens (including phenoxy) is 1. The smallest absolute Gasteiger partial charge is 0.321 e. The fraction of sp³-hybridized carbons (Fsp3) is 0.385. The maximum atomic E-state index is 11.4. The van der Waals surface area contributed by atoms with E-state index in [-0.39, 0.29) is 12.6 Å². The first-order valence-electron chi connectivity index (χ1n) is 5.90. The molecule has 0 spiro atoms. The van der Waals surface area contributed by atoms with E-state index in [4.69, 9.17) is 4.74 Å². The number of hydrogen-bond acceptors (Lipinski definition) is 3. The Labute approximate surface area is 107 Å². The predicted molar refractivity (Wildman–Crippen MR) is 68.4 cm³/mol. The minimum absolute atomic E-state index is 0.0350. The zero-order chi connectivity index (χ0) is 13.4. The molecule has 0 saturated carbocycles. The minimum atomic E-state index is -0.494. The third-order valence-electron chi connectivity index (χ3n) is 2.36. The molecule has 1 aromatic carbocycles. The summed E-state index contributed by atoms with van der Waals surface area (Å²) in [5, 5.41) is 4.83. The van der Waals surface area contributed by atoms with Gasteiger partial charge in [0.2, 0.25) is 0 Å². The van der Waals surface area contributed by atoms with Crippen molar-refractivity contribution in [3.05, 3.63) is 30.3 Å². The van der Waals surface area contributed by atoms with Gasteiger partial charge in [-0.05, 0) is 25.5 Å². The number of amides is 3. The second kappa shape index (κ2) is 7.32. The van der Waals surface area contributed by atoms with E-state index in [0.29, 0.717) is 5.75 Å². The van der Waals surface area contributed by atoms with E-state index < -0.39 is 11.9 Å². The van der Waals surface area contributed by atoms with Crippen molar-refractivity contribution in [3.8, 4) is 5.75 Å². The molecule has 5 heteroatoms. The maximum absolute atomic E-state index is 11.4. The number of hydrogen-bond donors (Lipinski definition) is 2. The molecule has 1 atom stereocenters. The van der Waals surface area contributed by atoms with Gasteiger partial charge in [0.1, 0.15) is 5.75 Å². The van der Waals surface area contributed by atoms with Crippen LogP contribution in [0.3, 0.4) is 0 Å². The van der Waals surface area contributed by atoms with E-state index in [0.717, 1.165) is 6.42 Å². The summed E-state index contributed by atoms with van der Waals surface area (Å²) in [6, 6.07) is 8.50. The van der Waals surface area contributed by atoms with Crippen LogP contribution in [-0.2, 0) is 4.79 Å². The number of nitrogens with one attached hydrogen (secondary N) is 2. The molecule has 0 aromatic heterocycles. The van der Waals surface area contributed by atoms with Gasteiger partial charge < -0.3 is 10.1 Å². The second-order valence-electron chi connectivity index (χ2n) is 3.93. The first-order valence-corrected chi connectivity index (χ1v) is 5.90. The van der Waals surface area contributed by atoms with Gasteiger partial charge in [0.05, 0.1) is 0 Å². The quantitative estimate of drug-likeness (QED) is 0.835. The molecule has 1 rings (SSSR count). The summed E-state index contributed by atoms with van der Waals surface area (Å²) in [5.74, 6) is 0.120. The van der Waals surface area contributed by atoms with Crippen LogP contribution in [-0.4, -0.2) is 24.6 Å². The Morgan fingerprint density at radius 3 is 2.56 bits per heavy atom. The van der Waals surface area contributed by atoms with Crippen molar-refractivity contribution >= 4 is 11.9 Å². The molecule has 0 heterocycles. The molecule has 0 unspecified atom stereocenters. The molecule has 3 amide bonds. The molecule has 98 valence electrons. The van der Waals surface area contributed by atoms with Gasteiger partial charge in [0.25, 0.3) is 5.91 Å². The molecule has 2 N–H and O–H groups in total. The summed E-state index contributed by atoms with van der Waals surface area (Å²) in [5.41, 5.74) is 0. The van der Waals surface area contributed by atoms with E-state index in [1.165, 1.54) is 0 Å². The highest BCUT2D eigenvalue weighted by Gasteiger charge is 2.09. The second-order valence-corrected chi connectivity index (χ2v) is 3.93. The lowest BCUT2D eigenvalue weighted by Crippen LogP contribution is -2.44. The summed E-state index contributed by atoms with van der Waals surface area (Å²) in [6.45, 7) is 3.63. The highest BCUT2D eigenvalue weighted by atomic mass is 16.5. The van der Waals surface area contributed by atoms with Crippen molar-refractivity contribution in [1.82, 2.24) is 10.6 Å². The Hall–Kier alpha value is -2.04. The van der Waals surface area contributed by atoms with Crippen molar-refractivity contribution in [2.75, 3.05) is 6.61 Å². The predicted octanol–water partition coefficient (Wildman–Crippen LogP) is 1.69. The van der Waals surface area contributed by atoms with Gasteiger partial charge in [-0.3, -0.25) is 10.1 Å². The molecule has 18 heavy (non-hydrogen) atoms. The number of carbonyl (C=O) groups excluding carboxylic acids is 2. The van der Waals surface area contributed by atoms with Crippen LogP contribution in [0.15, 0.2) is 30.3 Å². The van der Waals surface area contributed by atoms with Crippen molar-refractivity contribution in [2.45, 2.75) is 26.3 Å². The lowest BCUT2D eigenvalue weighted by Gasteiger charge is -2.12. The number of benzene rings is 1. The van der Waals surface area contributed by atoms with Crippen LogP contribution >= 0.6 is 0 Å². The van der Waals surface area contributed by atoms with Crippen LogP contribution in [0.1, 0.15) is 20.3 Å². The van der Waals surface area contributed by atoms with E-state index >= 15 is 0 Å². The number of imide groups is 1. The van der Waals surface area contributed by atoms with Crippen LogP contribution in [0.2, 0.25) is 0 Å². The van der Waals surface area contributed by atoms with Gasteiger partial charge in [-0.1, -0.05) is 25.1 Å². The normalized spacial score (nSPS) is 11.4. The lowest BCUT2D eigenvalue weighted by molar-refractivity contribution is -0.122. The summed E-state index contributed by atoms with van der Waals surface area (Å²) in [6.07, 6.45) is 0.808. The van der Waals surface area contributed by atoms with Gasteiger partial charge in [-0.2, -0.15) is 0 Å². The van der Waals surface area contributed by atoms with E-state index in [2.05, 4.69) is 10.6 Å². The van der Waals surface area contributed by atoms with Gasteiger partial charge in [-0.25, -0.2) is 4.79 Å². The van der Waals surface area contributed by atoms with Crippen LogP contribution in [0.25, 0.3) is 0 Å². The Bertz CT molecular complexity index is 392. The lowest BCUT2D eigenvalue weighted by atomic mass is 10.3. The average Bonchev–Trinajstić information content (AvgIpc) is 2.37. The molecule has 0 aliphatic rings. The molecule has 0 fully saturated rings. The first kappa shape index (κ1) is 14.0. The summed E-state index contributed by atoms with van der Waals surface area (Å²) >= 11 is 0. The fourth-order valence-corrected chi connectivity index (χ4v) is 1.19. The van der Waals surface area contributed by atoms with Gasteiger partial charge in [-0.15, -0.1) is 0 Å². The Balaban J connectivity index is 2.27. The highest BCUT2D eigenvalue weighted by molar-refractivity contribution is 5.95. The van der Waals surface area contributed by atoms with Crippen molar-refractivity contribution in [3.63, 3.8) is 0 Å². The molecule has 1 aromatic rings. The van der Waals surface area contributed by atoms with Crippen LogP contribution in [0, 0.1) is 0 Å². The Kier molecular flexibility index (Phi) is 5.70. The zero-order valence-corrected chi connectivity index (χ0v) is 10.6. The summed E-state index contributed by atoms with van der Waals surface area (Å²) < 4.78 is 5.21. The van der Waals surface area contributed by atoms with Gasteiger partial charge in [0.15, 0.2) is 6.61 Å². The number of carbonyl (C=O) groups is 2. The molecule has 0 aliphatic carbocycles. The van der Waals surface area contributed by atoms with Crippen LogP contribution in [0.4, 0.5) is 4.79 Å².